The number of benzene rings is 1. The standard InChI is InChI=1S/C20H20N6O/c27-20(22-16-6-2-1-3-7-16)17-9-10-19(24-23-17)26-14-12-25(13-15-26)18-8-4-5-11-21-18/h1-11H,12-15H2,(H,22,27). The summed E-state index contributed by atoms with van der Waals surface area (Å²) in [6.45, 7) is 3.41. The number of pyridine rings is 1. The van der Waals surface area contributed by atoms with Crippen LogP contribution in [0.3, 0.4) is 0 Å². The van der Waals surface area contributed by atoms with Gasteiger partial charge in [-0.05, 0) is 36.4 Å². The van der Waals surface area contributed by atoms with Crippen molar-refractivity contribution in [1.82, 2.24) is 15.2 Å². The van der Waals surface area contributed by atoms with Crippen LogP contribution in [0.5, 0.6) is 0 Å². The van der Waals surface area contributed by atoms with Crippen molar-refractivity contribution >= 4 is 23.2 Å². The van der Waals surface area contributed by atoms with E-state index in [0.29, 0.717) is 5.69 Å². The highest BCUT2D eigenvalue weighted by molar-refractivity contribution is 6.02. The summed E-state index contributed by atoms with van der Waals surface area (Å²) < 4.78 is 0. The Morgan fingerprint density at radius 2 is 1.48 bits per heavy atom. The second-order valence-electron chi connectivity index (χ2n) is 6.26. The zero-order chi connectivity index (χ0) is 18.5. The minimum atomic E-state index is -0.264. The van der Waals surface area contributed by atoms with E-state index in [1.807, 2.05) is 60.8 Å². The van der Waals surface area contributed by atoms with Crippen molar-refractivity contribution in [3.8, 4) is 0 Å². The quantitative estimate of drug-likeness (QED) is 0.770. The first-order valence-electron chi connectivity index (χ1n) is 8.91. The molecule has 1 N–H and O–H groups in total. The van der Waals surface area contributed by atoms with Crippen LogP contribution in [0.4, 0.5) is 17.3 Å². The monoisotopic (exact) mass is 360 g/mol. The third-order valence-corrected chi connectivity index (χ3v) is 4.49. The number of piperazine rings is 1. The Morgan fingerprint density at radius 3 is 2.11 bits per heavy atom. The van der Waals surface area contributed by atoms with Crippen molar-refractivity contribution in [3.63, 3.8) is 0 Å². The third-order valence-electron chi connectivity index (χ3n) is 4.49. The van der Waals surface area contributed by atoms with E-state index >= 15 is 0 Å². The van der Waals surface area contributed by atoms with Gasteiger partial charge in [-0.3, -0.25) is 4.79 Å². The zero-order valence-corrected chi connectivity index (χ0v) is 14.8. The maximum Gasteiger partial charge on any atom is 0.276 e. The summed E-state index contributed by atoms with van der Waals surface area (Å²) >= 11 is 0. The predicted molar refractivity (Wildman–Crippen MR) is 105 cm³/mol. The molecule has 3 heterocycles. The van der Waals surface area contributed by atoms with Gasteiger partial charge in [0.25, 0.3) is 5.91 Å². The van der Waals surface area contributed by atoms with Crippen molar-refractivity contribution in [2.75, 3.05) is 41.3 Å². The predicted octanol–water partition coefficient (Wildman–Crippen LogP) is 2.45. The van der Waals surface area contributed by atoms with Gasteiger partial charge in [-0.1, -0.05) is 24.3 Å². The number of hydrogen-bond acceptors (Lipinski definition) is 6. The molecule has 27 heavy (non-hydrogen) atoms. The molecule has 0 bridgehead atoms. The molecule has 0 spiro atoms. The summed E-state index contributed by atoms with van der Waals surface area (Å²) in [6.07, 6.45) is 1.81. The van der Waals surface area contributed by atoms with E-state index in [0.717, 1.165) is 43.5 Å². The average molecular weight is 360 g/mol. The lowest BCUT2D eigenvalue weighted by Gasteiger charge is -2.35. The van der Waals surface area contributed by atoms with E-state index in [4.69, 9.17) is 0 Å². The first-order chi connectivity index (χ1) is 13.3. The Bertz CT molecular complexity index is 877. The Kier molecular flexibility index (Phi) is 4.91. The van der Waals surface area contributed by atoms with Crippen molar-refractivity contribution in [2.24, 2.45) is 0 Å². The maximum absolute atomic E-state index is 12.3. The van der Waals surface area contributed by atoms with Crippen LogP contribution in [0.15, 0.2) is 66.9 Å². The molecule has 0 saturated carbocycles. The minimum Gasteiger partial charge on any atom is -0.353 e. The van der Waals surface area contributed by atoms with Crippen LogP contribution < -0.4 is 15.1 Å². The molecule has 1 aliphatic rings. The van der Waals surface area contributed by atoms with Gasteiger partial charge < -0.3 is 15.1 Å². The van der Waals surface area contributed by atoms with Gasteiger partial charge in [-0.2, -0.15) is 0 Å². The zero-order valence-electron chi connectivity index (χ0n) is 14.8. The smallest absolute Gasteiger partial charge is 0.276 e. The second-order valence-corrected chi connectivity index (χ2v) is 6.26. The van der Waals surface area contributed by atoms with Crippen LogP contribution in [0.25, 0.3) is 0 Å². The normalized spacial score (nSPS) is 14.1. The fourth-order valence-electron chi connectivity index (χ4n) is 3.04. The molecule has 3 aromatic rings. The number of anilines is 3. The fourth-order valence-corrected chi connectivity index (χ4v) is 3.04. The Labute approximate surface area is 157 Å². The van der Waals surface area contributed by atoms with Gasteiger partial charge in [0.05, 0.1) is 0 Å². The highest BCUT2D eigenvalue weighted by Crippen LogP contribution is 2.17. The van der Waals surface area contributed by atoms with Gasteiger partial charge in [0.1, 0.15) is 5.82 Å². The molecule has 1 fully saturated rings. The number of carbonyl (C=O) groups excluding carboxylic acids is 1. The molecule has 0 unspecified atom stereocenters. The molecule has 1 amide bonds. The van der Waals surface area contributed by atoms with Crippen LogP contribution in [0.1, 0.15) is 10.5 Å². The summed E-state index contributed by atoms with van der Waals surface area (Å²) in [4.78, 5) is 21.1. The van der Waals surface area contributed by atoms with E-state index in [2.05, 4.69) is 30.3 Å². The minimum absolute atomic E-state index is 0.264. The van der Waals surface area contributed by atoms with Gasteiger partial charge in [0.15, 0.2) is 11.5 Å². The molecule has 136 valence electrons. The van der Waals surface area contributed by atoms with Crippen LogP contribution in [0.2, 0.25) is 0 Å². The van der Waals surface area contributed by atoms with Crippen LogP contribution in [-0.4, -0.2) is 47.3 Å². The number of para-hydroxylation sites is 1. The van der Waals surface area contributed by atoms with Gasteiger partial charge in [-0.15, -0.1) is 10.2 Å². The molecular formula is C20H20N6O. The van der Waals surface area contributed by atoms with Crippen molar-refractivity contribution in [1.29, 1.82) is 0 Å². The molecule has 1 aliphatic heterocycles. The van der Waals surface area contributed by atoms with Crippen molar-refractivity contribution in [2.45, 2.75) is 0 Å². The second kappa shape index (κ2) is 7.82. The summed E-state index contributed by atoms with van der Waals surface area (Å²) in [5.41, 5.74) is 1.04. The van der Waals surface area contributed by atoms with Gasteiger partial charge in [-0.25, -0.2) is 4.98 Å². The average Bonchev–Trinajstić information content (AvgIpc) is 2.75. The van der Waals surface area contributed by atoms with Gasteiger partial charge in [0.2, 0.25) is 0 Å². The Morgan fingerprint density at radius 1 is 0.778 bits per heavy atom. The van der Waals surface area contributed by atoms with Crippen LogP contribution in [-0.2, 0) is 0 Å². The Hall–Kier alpha value is -3.48. The molecule has 0 atom stereocenters. The van der Waals surface area contributed by atoms with Crippen LogP contribution >= 0.6 is 0 Å². The summed E-state index contributed by atoms with van der Waals surface area (Å²) in [7, 11) is 0. The molecular weight excluding hydrogens is 340 g/mol. The first kappa shape index (κ1) is 17.0. The van der Waals surface area contributed by atoms with Gasteiger partial charge >= 0.3 is 0 Å². The third kappa shape index (κ3) is 4.03. The number of carbonyl (C=O) groups is 1. The molecule has 4 rings (SSSR count). The van der Waals surface area contributed by atoms with E-state index < -0.39 is 0 Å². The largest absolute Gasteiger partial charge is 0.353 e. The lowest BCUT2D eigenvalue weighted by atomic mass is 10.2. The molecule has 7 heteroatoms. The highest BCUT2D eigenvalue weighted by Gasteiger charge is 2.19. The molecule has 1 saturated heterocycles. The molecule has 0 aliphatic carbocycles. The molecule has 1 aromatic carbocycles. The van der Waals surface area contributed by atoms with Gasteiger partial charge in [0, 0.05) is 38.1 Å². The number of nitrogens with zero attached hydrogens (tertiary/aromatic N) is 5. The number of amides is 1. The summed E-state index contributed by atoms with van der Waals surface area (Å²) in [6, 6.07) is 18.8. The van der Waals surface area contributed by atoms with E-state index in [9.17, 15) is 4.79 Å². The van der Waals surface area contributed by atoms with Crippen LogP contribution in [0, 0.1) is 0 Å². The van der Waals surface area contributed by atoms with E-state index in [1.54, 1.807) is 6.07 Å². The SMILES string of the molecule is O=C(Nc1ccccc1)c1ccc(N2CCN(c3ccccn3)CC2)nn1. The lowest BCUT2D eigenvalue weighted by molar-refractivity contribution is 0.102. The highest BCUT2D eigenvalue weighted by atomic mass is 16.1. The Balaban J connectivity index is 1.36. The number of aromatic nitrogens is 3. The van der Waals surface area contributed by atoms with E-state index in [1.165, 1.54) is 0 Å². The molecule has 2 aromatic heterocycles. The van der Waals surface area contributed by atoms with E-state index in [-0.39, 0.29) is 5.91 Å². The number of hydrogen-bond donors (Lipinski definition) is 1. The topological polar surface area (TPSA) is 74.2 Å². The lowest BCUT2D eigenvalue weighted by Crippen LogP contribution is -2.47. The number of nitrogens with one attached hydrogen (secondary N) is 1. The van der Waals surface area contributed by atoms with Crippen molar-refractivity contribution in [3.05, 3.63) is 72.6 Å². The summed E-state index contributed by atoms with van der Waals surface area (Å²) in [5.74, 6) is 1.52. The first-order valence-corrected chi connectivity index (χ1v) is 8.91. The molecule has 0 radical (unpaired) electrons. The fraction of sp³-hybridized carbons (Fsp3) is 0.200. The van der Waals surface area contributed by atoms with Crippen molar-refractivity contribution < 1.29 is 4.79 Å². The molecule has 7 nitrogen and oxygen atoms in total. The number of rotatable bonds is 4. The maximum atomic E-state index is 12.3. The summed E-state index contributed by atoms with van der Waals surface area (Å²) in [5, 5.41) is 11.2.